The molecular weight excluding hydrogens is 510 g/mol. The van der Waals surface area contributed by atoms with Gasteiger partial charge in [0, 0.05) is 15.2 Å². The molecule has 33 heavy (non-hydrogen) atoms. The van der Waals surface area contributed by atoms with Crippen LogP contribution in [0.3, 0.4) is 0 Å². The number of hydrogen-bond acceptors (Lipinski definition) is 5. The van der Waals surface area contributed by atoms with Crippen molar-refractivity contribution in [2.75, 3.05) is 5.32 Å². The molecule has 7 nitrogen and oxygen atoms in total. The standard InChI is InChI=1S/C24H19BrClN3O4/c1-14-7-10-17(13-21(14)26)27-22(30)23(31)29-28-15(2)16-8-11-18(12-9-16)33-24(32)19-5-3-4-6-20(19)25/h3-13H,1-2H3,(H,27,30)(H,29,31). The van der Waals surface area contributed by atoms with Crippen molar-refractivity contribution in [3.05, 3.63) is 92.9 Å². The third-order valence-electron chi connectivity index (χ3n) is 4.54. The Hall–Kier alpha value is -3.49. The number of nitrogens with one attached hydrogen (secondary N) is 2. The molecule has 0 aliphatic carbocycles. The number of hydrogen-bond donors (Lipinski definition) is 2. The summed E-state index contributed by atoms with van der Waals surface area (Å²) in [5.74, 6) is -1.94. The number of esters is 1. The van der Waals surface area contributed by atoms with Crippen LogP contribution in [0.1, 0.15) is 28.4 Å². The molecule has 0 saturated heterocycles. The van der Waals surface area contributed by atoms with Crippen LogP contribution in [0.4, 0.5) is 5.69 Å². The molecule has 3 aromatic carbocycles. The van der Waals surface area contributed by atoms with Crippen LogP contribution in [-0.2, 0) is 9.59 Å². The third kappa shape index (κ3) is 6.50. The maximum absolute atomic E-state index is 12.3. The molecular formula is C24H19BrClN3O4. The van der Waals surface area contributed by atoms with E-state index >= 15 is 0 Å². The first-order chi connectivity index (χ1) is 15.7. The van der Waals surface area contributed by atoms with Gasteiger partial charge in [-0.2, -0.15) is 5.10 Å². The van der Waals surface area contributed by atoms with E-state index in [0.717, 1.165) is 5.56 Å². The molecule has 0 saturated carbocycles. The lowest BCUT2D eigenvalue weighted by Crippen LogP contribution is -2.32. The molecule has 3 aromatic rings. The number of hydrazone groups is 1. The second-order valence-corrected chi connectivity index (χ2v) is 8.21. The van der Waals surface area contributed by atoms with Crippen LogP contribution in [0.25, 0.3) is 0 Å². The molecule has 3 rings (SSSR count). The Bertz CT molecular complexity index is 1240. The molecule has 0 aliphatic heterocycles. The van der Waals surface area contributed by atoms with Gasteiger partial charge in [0.2, 0.25) is 0 Å². The van der Waals surface area contributed by atoms with E-state index in [4.69, 9.17) is 16.3 Å². The molecule has 168 valence electrons. The summed E-state index contributed by atoms with van der Waals surface area (Å²) in [6.07, 6.45) is 0. The predicted octanol–water partition coefficient (Wildman–Crippen LogP) is 5.11. The number of benzene rings is 3. The number of halogens is 2. The van der Waals surface area contributed by atoms with Gasteiger partial charge in [0.25, 0.3) is 0 Å². The van der Waals surface area contributed by atoms with Crippen molar-refractivity contribution in [2.45, 2.75) is 13.8 Å². The molecule has 0 spiro atoms. The van der Waals surface area contributed by atoms with Crippen molar-refractivity contribution < 1.29 is 19.1 Å². The number of aryl methyl sites for hydroxylation is 1. The zero-order chi connectivity index (χ0) is 24.0. The van der Waals surface area contributed by atoms with Gasteiger partial charge in [-0.3, -0.25) is 9.59 Å². The maximum atomic E-state index is 12.3. The topological polar surface area (TPSA) is 96.9 Å². The minimum absolute atomic E-state index is 0.354. The van der Waals surface area contributed by atoms with Gasteiger partial charge in [-0.05, 0) is 89.4 Å². The molecule has 0 heterocycles. The molecule has 2 amide bonds. The Balaban J connectivity index is 1.58. The molecule has 0 unspecified atom stereocenters. The average Bonchev–Trinajstić information content (AvgIpc) is 2.80. The Labute approximate surface area is 203 Å². The van der Waals surface area contributed by atoms with Crippen LogP contribution in [0.5, 0.6) is 5.75 Å². The van der Waals surface area contributed by atoms with Crippen LogP contribution in [-0.4, -0.2) is 23.5 Å². The smallest absolute Gasteiger partial charge is 0.344 e. The summed E-state index contributed by atoms with van der Waals surface area (Å²) in [6.45, 7) is 3.50. The van der Waals surface area contributed by atoms with Gasteiger partial charge in [0.1, 0.15) is 5.75 Å². The minimum Gasteiger partial charge on any atom is -0.423 e. The average molecular weight is 529 g/mol. The third-order valence-corrected chi connectivity index (χ3v) is 5.64. The van der Waals surface area contributed by atoms with Crippen LogP contribution < -0.4 is 15.5 Å². The summed E-state index contributed by atoms with van der Waals surface area (Å²) < 4.78 is 6.02. The largest absolute Gasteiger partial charge is 0.423 e. The fraction of sp³-hybridized carbons (Fsp3) is 0.0833. The van der Waals surface area contributed by atoms with Gasteiger partial charge in [-0.1, -0.05) is 29.8 Å². The quantitative estimate of drug-likeness (QED) is 0.158. The van der Waals surface area contributed by atoms with Crippen molar-refractivity contribution in [1.29, 1.82) is 0 Å². The van der Waals surface area contributed by atoms with Crippen molar-refractivity contribution in [2.24, 2.45) is 5.10 Å². The molecule has 2 N–H and O–H groups in total. The summed E-state index contributed by atoms with van der Waals surface area (Å²) >= 11 is 9.34. The zero-order valence-electron chi connectivity index (χ0n) is 17.7. The fourth-order valence-electron chi connectivity index (χ4n) is 2.66. The van der Waals surface area contributed by atoms with E-state index in [0.29, 0.717) is 37.8 Å². The van der Waals surface area contributed by atoms with E-state index in [9.17, 15) is 14.4 Å². The number of ether oxygens (including phenoxy) is 1. The highest BCUT2D eigenvalue weighted by Crippen LogP contribution is 2.21. The number of amides is 2. The van der Waals surface area contributed by atoms with Crippen molar-refractivity contribution in [1.82, 2.24) is 5.43 Å². The molecule has 9 heteroatoms. The summed E-state index contributed by atoms with van der Waals surface area (Å²) in [6, 6.07) is 18.5. The number of anilines is 1. The first-order valence-corrected chi connectivity index (χ1v) is 10.9. The SMILES string of the molecule is CC(=NNC(=O)C(=O)Nc1ccc(C)c(Cl)c1)c1ccc(OC(=O)c2ccccc2Br)cc1. The van der Waals surface area contributed by atoms with Crippen molar-refractivity contribution >= 4 is 56.7 Å². The summed E-state index contributed by atoms with van der Waals surface area (Å²) in [4.78, 5) is 36.4. The summed E-state index contributed by atoms with van der Waals surface area (Å²) in [7, 11) is 0. The zero-order valence-corrected chi connectivity index (χ0v) is 20.0. The Morgan fingerprint density at radius 3 is 2.33 bits per heavy atom. The van der Waals surface area contributed by atoms with E-state index in [1.807, 2.05) is 6.92 Å². The number of carbonyl (C=O) groups excluding carboxylic acids is 3. The number of rotatable bonds is 5. The monoisotopic (exact) mass is 527 g/mol. The Kier molecular flexibility index (Phi) is 7.97. The van der Waals surface area contributed by atoms with E-state index < -0.39 is 17.8 Å². The highest BCUT2D eigenvalue weighted by molar-refractivity contribution is 9.10. The lowest BCUT2D eigenvalue weighted by atomic mass is 10.1. The minimum atomic E-state index is -0.926. The highest BCUT2D eigenvalue weighted by atomic mass is 79.9. The van der Waals surface area contributed by atoms with Crippen LogP contribution in [0, 0.1) is 6.92 Å². The van der Waals surface area contributed by atoms with Crippen LogP contribution >= 0.6 is 27.5 Å². The molecule has 0 atom stereocenters. The summed E-state index contributed by atoms with van der Waals surface area (Å²) in [5, 5.41) is 6.89. The summed E-state index contributed by atoms with van der Waals surface area (Å²) in [5.41, 5.74) is 5.01. The van der Waals surface area contributed by atoms with Gasteiger partial charge in [0.15, 0.2) is 0 Å². The van der Waals surface area contributed by atoms with Gasteiger partial charge in [0.05, 0.1) is 11.3 Å². The second kappa shape index (κ2) is 10.9. The molecule has 0 fully saturated rings. The van der Waals surface area contributed by atoms with Crippen LogP contribution in [0.15, 0.2) is 76.3 Å². The highest BCUT2D eigenvalue weighted by Gasteiger charge is 2.14. The van der Waals surface area contributed by atoms with E-state index in [1.165, 1.54) is 0 Å². The Morgan fingerprint density at radius 2 is 1.67 bits per heavy atom. The van der Waals surface area contributed by atoms with E-state index in [-0.39, 0.29) is 0 Å². The molecule has 0 bridgehead atoms. The van der Waals surface area contributed by atoms with Gasteiger partial charge in [-0.25, -0.2) is 10.2 Å². The van der Waals surface area contributed by atoms with Crippen molar-refractivity contribution in [3.8, 4) is 5.75 Å². The Morgan fingerprint density at radius 1 is 0.970 bits per heavy atom. The van der Waals surface area contributed by atoms with Gasteiger partial charge >= 0.3 is 17.8 Å². The van der Waals surface area contributed by atoms with Gasteiger partial charge in [-0.15, -0.1) is 0 Å². The van der Waals surface area contributed by atoms with E-state index in [2.05, 4.69) is 31.8 Å². The second-order valence-electron chi connectivity index (χ2n) is 6.95. The normalized spacial score (nSPS) is 11.0. The lowest BCUT2D eigenvalue weighted by Gasteiger charge is -2.08. The predicted molar refractivity (Wildman–Crippen MR) is 131 cm³/mol. The first-order valence-electron chi connectivity index (χ1n) is 9.73. The maximum Gasteiger partial charge on any atom is 0.344 e. The van der Waals surface area contributed by atoms with Gasteiger partial charge < -0.3 is 10.1 Å². The number of carbonyl (C=O) groups is 3. The molecule has 0 aliphatic rings. The van der Waals surface area contributed by atoms with Crippen LogP contribution in [0.2, 0.25) is 5.02 Å². The van der Waals surface area contributed by atoms with E-state index in [1.54, 1.807) is 73.7 Å². The first kappa shape index (κ1) is 24.2. The van der Waals surface area contributed by atoms with Crippen molar-refractivity contribution in [3.63, 3.8) is 0 Å². The molecule has 0 radical (unpaired) electrons. The molecule has 0 aromatic heterocycles. The number of nitrogens with zero attached hydrogens (tertiary/aromatic N) is 1. The lowest BCUT2D eigenvalue weighted by molar-refractivity contribution is -0.136. The fourth-order valence-corrected chi connectivity index (χ4v) is 3.29.